The molecule has 0 saturated heterocycles. The molecule has 68 valence electrons. The molecule has 2 aromatic rings. The maximum atomic E-state index is 5.73. The molecule has 2 rings (SSSR count). The van der Waals surface area contributed by atoms with Gasteiger partial charge in [-0.25, -0.2) is 4.98 Å². The Bertz CT molecular complexity index is 502. The van der Waals surface area contributed by atoms with E-state index in [1.165, 1.54) is 0 Å². The van der Waals surface area contributed by atoms with Gasteiger partial charge in [-0.1, -0.05) is 19.8 Å². The van der Waals surface area contributed by atoms with E-state index in [-0.39, 0.29) is 0 Å². The summed E-state index contributed by atoms with van der Waals surface area (Å²) >= 11 is 11.5. The van der Waals surface area contributed by atoms with Crippen LogP contribution in [0.25, 0.3) is 17.1 Å². The Labute approximate surface area is 103 Å². The summed E-state index contributed by atoms with van der Waals surface area (Å²) in [7, 11) is 0. The van der Waals surface area contributed by atoms with Crippen LogP contribution in [0.2, 0.25) is 0 Å². The van der Waals surface area contributed by atoms with Gasteiger partial charge in [0.1, 0.15) is 5.82 Å². The zero-order valence-electron chi connectivity index (χ0n) is 7.09. The van der Waals surface area contributed by atoms with Crippen molar-refractivity contribution in [1.29, 1.82) is 0 Å². The molecule has 0 aliphatic heterocycles. The number of hydrogen-bond donors (Lipinski definition) is 1. The molecule has 0 bridgehead atoms. The van der Waals surface area contributed by atoms with E-state index < -0.39 is 0 Å². The maximum Gasteiger partial charge on any atom is 0.196 e. The van der Waals surface area contributed by atoms with Crippen molar-refractivity contribution in [2.24, 2.45) is 0 Å². The number of hydrogen-bond acceptors (Lipinski definition) is 1. The van der Waals surface area contributed by atoms with Gasteiger partial charge in [0, 0.05) is 4.47 Å². The zero-order chi connectivity index (χ0) is 10.1. The van der Waals surface area contributed by atoms with Crippen molar-refractivity contribution in [2.75, 3.05) is 0 Å². The van der Waals surface area contributed by atoms with Crippen molar-refractivity contribution < 1.29 is 0 Å². The minimum atomic E-state index is 0.628. The smallest absolute Gasteiger partial charge is 0.196 e. The average Bonchev–Trinajstić information content (AvgIpc) is 2.44. The van der Waals surface area contributed by atoms with E-state index >= 15 is 0 Å². The lowest BCUT2D eigenvalue weighted by Crippen LogP contribution is -1.75. The molecule has 1 N–H and O–H groups in total. The van der Waals surface area contributed by atoms with Gasteiger partial charge in [-0.3, -0.25) is 0 Å². The number of nitrogens with zero attached hydrogens (tertiary/aromatic N) is 1. The fourth-order valence-electron chi connectivity index (χ4n) is 1.20. The molecule has 1 aromatic heterocycles. The van der Waals surface area contributed by atoms with E-state index in [9.17, 15) is 0 Å². The molecule has 0 spiro atoms. The van der Waals surface area contributed by atoms with Crippen molar-refractivity contribution in [1.82, 2.24) is 9.97 Å². The summed E-state index contributed by atoms with van der Waals surface area (Å²) < 4.78 is 1.66. The Morgan fingerprint density at radius 3 is 3.07 bits per heavy atom. The number of halogens is 2. The first-order valence-corrected chi connectivity index (χ1v) is 5.68. The van der Waals surface area contributed by atoms with E-state index in [0.717, 1.165) is 21.3 Å². The number of aromatic amines is 1. The quantitative estimate of drug-likeness (QED) is 0.801. The Hall–Kier alpha value is -0.268. The number of rotatable bonds is 1. The summed E-state index contributed by atoms with van der Waals surface area (Å²) in [6.07, 6.45) is 1.76. The van der Waals surface area contributed by atoms with E-state index in [1.807, 2.05) is 18.2 Å². The molecule has 2 radical (unpaired) electrons. The first-order valence-electron chi connectivity index (χ1n) is 3.93. The van der Waals surface area contributed by atoms with Crippen LogP contribution in [0.3, 0.4) is 0 Å². The molecule has 1 aromatic carbocycles. The fourth-order valence-corrected chi connectivity index (χ4v) is 1.82. The van der Waals surface area contributed by atoms with Gasteiger partial charge in [-0.15, -0.1) is 11.6 Å². The minimum Gasteiger partial charge on any atom is -0.338 e. The van der Waals surface area contributed by atoms with Gasteiger partial charge in [-0.2, -0.15) is 0 Å². The molecule has 2 nitrogen and oxygen atoms in total. The van der Waals surface area contributed by atoms with Gasteiger partial charge in [0.05, 0.1) is 11.0 Å². The first-order chi connectivity index (χ1) is 6.65. The molecule has 0 amide bonds. The highest BCUT2D eigenvalue weighted by Crippen LogP contribution is 2.18. The molecule has 0 unspecified atom stereocenters. The van der Waals surface area contributed by atoms with Crippen molar-refractivity contribution in [3.63, 3.8) is 0 Å². The SMILES string of the molecule is [Al]/[C](Cl)=C/c1nc2ccc(Br)cc2[nH]1. The highest BCUT2D eigenvalue weighted by molar-refractivity contribution is 9.10. The summed E-state index contributed by atoms with van der Waals surface area (Å²) in [5, 5.41) is 0. The minimum absolute atomic E-state index is 0.628. The predicted molar refractivity (Wildman–Crippen MR) is 63.4 cm³/mol. The van der Waals surface area contributed by atoms with Crippen LogP contribution >= 0.6 is 27.5 Å². The van der Waals surface area contributed by atoms with Gasteiger partial charge in [0.15, 0.2) is 16.3 Å². The molecule has 14 heavy (non-hydrogen) atoms. The standard InChI is InChI=1S/C9H5BrClN2.Al/c10-6-1-2-7-8(5-6)13-9(12-7)3-4-11;/h1-3,5H,(H,12,13);. The Morgan fingerprint density at radius 1 is 1.57 bits per heavy atom. The maximum absolute atomic E-state index is 5.73. The van der Waals surface area contributed by atoms with Crippen molar-refractivity contribution in [2.45, 2.75) is 0 Å². The van der Waals surface area contributed by atoms with Crippen LogP contribution in [-0.2, 0) is 0 Å². The molecule has 0 atom stereocenters. The molecule has 1 heterocycles. The van der Waals surface area contributed by atoms with Crippen LogP contribution in [0, 0.1) is 0 Å². The summed E-state index contributed by atoms with van der Waals surface area (Å²) in [4.78, 5) is 7.50. The summed E-state index contributed by atoms with van der Waals surface area (Å²) in [5.41, 5.74) is 1.93. The number of H-pyrrole nitrogens is 1. The number of imidazole rings is 1. The van der Waals surface area contributed by atoms with Crippen LogP contribution in [-0.4, -0.2) is 26.3 Å². The number of aromatic nitrogens is 2. The van der Waals surface area contributed by atoms with E-state index in [0.29, 0.717) is 3.89 Å². The molecule has 0 saturated carbocycles. The van der Waals surface area contributed by atoms with Crippen molar-refractivity contribution in [3.05, 3.63) is 32.4 Å². The van der Waals surface area contributed by atoms with Crippen molar-refractivity contribution in [3.8, 4) is 0 Å². The lowest BCUT2D eigenvalue weighted by molar-refractivity contribution is 1.29. The molecule has 5 heteroatoms. The summed E-state index contributed by atoms with van der Waals surface area (Å²) in [6, 6.07) is 5.89. The van der Waals surface area contributed by atoms with Crippen LogP contribution in [0.5, 0.6) is 0 Å². The fraction of sp³-hybridized carbons (Fsp3) is 0. The van der Waals surface area contributed by atoms with Crippen LogP contribution in [0.1, 0.15) is 5.82 Å². The van der Waals surface area contributed by atoms with E-state index in [1.54, 1.807) is 6.08 Å². The lowest BCUT2D eigenvalue weighted by atomic mass is 10.3. The van der Waals surface area contributed by atoms with E-state index in [4.69, 9.17) is 11.6 Å². The number of benzene rings is 1. The Morgan fingerprint density at radius 2 is 2.36 bits per heavy atom. The third-order valence-corrected chi connectivity index (χ3v) is 2.51. The third kappa shape index (κ3) is 2.21. The number of nitrogens with one attached hydrogen (secondary N) is 1. The van der Waals surface area contributed by atoms with Crippen LogP contribution in [0.4, 0.5) is 0 Å². The van der Waals surface area contributed by atoms with Crippen LogP contribution < -0.4 is 0 Å². The topological polar surface area (TPSA) is 28.7 Å². The molecular formula is C9H5AlBrClN2. The third-order valence-electron chi connectivity index (χ3n) is 1.74. The second kappa shape index (κ2) is 4.08. The first kappa shape index (κ1) is 10.3. The lowest BCUT2D eigenvalue weighted by Gasteiger charge is -1.87. The average molecular weight is 283 g/mol. The van der Waals surface area contributed by atoms with Gasteiger partial charge >= 0.3 is 0 Å². The highest BCUT2D eigenvalue weighted by atomic mass is 79.9. The van der Waals surface area contributed by atoms with Gasteiger partial charge < -0.3 is 4.98 Å². The number of fused-ring (bicyclic) bond motifs is 1. The van der Waals surface area contributed by atoms with Gasteiger partial charge in [-0.05, 0) is 24.3 Å². The van der Waals surface area contributed by atoms with Gasteiger partial charge in [0.25, 0.3) is 0 Å². The van der Waals surface area contributed by atoms with Crippen molar-refractivity contribution >= 4 is 60.9 Å². The normalized spacial score (nSPS) is 12.3. The summed E-state index contributed by atoms with van der Waals surface area (Å²) in [5.74, 6) is 0.762. The second-order valence-corrected chi connectivity index (χ2v) is 5.15. The second-order valence-electron chi connectivity index (χ2n) is 2.81. The predicted octanol–water partition coefficient (Wildman–Crippen LogP) is 3.03. The zero-order valence-corrected chi connectivity index (χ0v) is 10.6. The largest absolute Gasteiger partial charge is 0.338 e. The van der Waals surface area contributed by atoms with E-state index in [2.05, 4.69) is 42.2 Å². The summed E-state index contributed by atoms with van der Waals surface area (Å²) in [6.45, 7) is 0. The highest BCUT2D eigenvalue weighted by Gasteiger charge is 2.00. The molecule has 0 fully saturated rings. The molecule has 0 aliphatic rings. The van der Waals surface area contributed by atoms with Gasteiger partial charge in [0.2, 0.25) is 0 Å². The van der Waals surface area contributed by atoms with Crippen LogP contribution in [0.15, 0.2) is 26.6 Å². The molecule has 0 aliphatic carbocycles. The Kier molecular flexibility index (Phi) is 2.99. The Balaban J connectivity index is 2.57. The monoisotopic (exact) mass is 282 g/mol. The molecular weight excluding hydrogens is 278 g/mol.